The molecule has 14 heavy (non-hydrogen) atoms. The molecule has 1 N–H and O–H groups in total. The minimum Gasteiger partial charge on any atom is -0.377 e. The molecule has 0 saturated carbocycles. The van der Waals surface area contributed by atoms with Gasteiger partial charge in [0.25, 0.3) is 0 Å². The Morgan fingerprint density at radius 3 is 2.93 bits per heavy atom. The molecule has 0 aliphatic carbocycles. The molecule has 1 saturated heterocycles. The summed E-state index contributed by atoms with van der Waals surface area (Å²) in [6, 6.07) is 0. The Bertz CT molecular complexity index is 163. The molecular weight excluding hydrogens is 176 g/mol. The molecule has 1 atom stereocenters. The van der Waals surface area contributed by atoms with Crippen molar-refractivity contribution in [1.82, 2.24) is 10.2 Å². The highest BCUT2D eigenvalue weighted by molar-refractivity contribution is 4.84. The summed E-state index contributed by atoms with van der Waals surface area (Å²) in [5.41, 5.74) is 0.0951. The van der Waals surface area contributed by atoms with E-state index in [1.807, 2.05) is 14.2 Å². The van der Waals surface area contributed by atoms with Gasteiger partial charge in [-0.25, -0.2) is 0 Å². The number of methoxy groups -OCH3 is 1. The normalized spacial score (nSPS) is 29.4. The highest BCUT2D eigenvalue weighted by Crippen LogP contribution is 2.23. The summed E-state index contributed by atoms with van der Waals surface area (Å²) < 4.78 is 5.56. The summed E-state index contributed by atoms with van der Waals surface area (Å²) in [6.45, 7) is 6.85. The van der Waals surface area contributed by atoms with Crippen LogP contribution in [0.4, 0.5) is 0 Å². The SMILES string of the molecule is CNCCCN1CCCC(C)(OC)C1. The lowest BCUT2D eigenvalue weighted by molar-refractivity contribution is -0.0506. The van der Waals surface area contributed by atoms with E-state index >= 15 is 0 Å². The minimum absolute atomic E-state index is 0.0951. The predicted molar refractivity (Wildman–Crippen MR) is 59.6 cm³/mol. The number of nitrogens with zero attached hydrogens (tertiary/aromatic N) is 1. The van der Waals surface area contributed by atoms with Crippen molar-refractivity contribution in [2.24, 2.45) is 0 Å². The van der Waals surface area contributed by atoms with Crippen LogP contribution in [0.1, 0.15) is 26.2 Å². The van der Waals surface area contributed by atoms with Crippen LogP contribution in [0.5, 0.6) is 0 Å². The number of nitrogens with one attached hydrogen (secondary N) is 1. The zero-order chi connectivity index (χ0) is 10.4. The van der Waals surface area contributed by atoms with Crippen LogP contribution in [0.3, 0.4) is 0 Å². The maximum atomic E-state index is 5.56. The number of rotatable bonds is 5. The second kappa shape index (κ2) is 5.69. The quantitative estimate of drug-likeness (QED) is 0.673. The van der Waals surface area contributed by atoms with Gasteiger partial charge in [-0.3, -0.25) is 0 Å². The average Bonchev–Trinajstić information content (AvgIpc) is 2.19. The molecule has 84 valence electrons. The van der Waals surface area contributed by atoms with Gasteiger partial charge < -0.3 is 15.0 Å². The van der Waals surface area contributed by atoms with Crippen LogP contribution in [0.2, 0.25) is 0 Å². The smallest absolute Gasteiger partial charge is 0.0777 e. The van der Waals surface area contributed by atoms with Crippen LogP contribution in [0.25, 0.3) is 0 Å². The molecule has 1 rings (SSSR count). The maximum Gasteiger partial charge on any atom is 0.0777 e. The molecule has 0 aromatic heterocycles. The fourth-order valence-corrected chi connectivity index (χ4v) is 2.14. The fraction of sp³-hybridized carbons (Fsp3) is 1.00. The second-order valence-electron chi connectivity index (χ2n) is 4.49. The van der Waals surface area contributed by atoms with Gasteiger partial charge in [0.15, 0.2) is 0 Å². The molecule has 0 aromatic rings. The van der Waals surface area contributed by atoms with Crippen molar-refractivity contribution in [2.75, 3.05) is 40.3 Å². The number of hydrogen-bond acceptors (Lipinski definition) is 3. The molecule has 0 bridgehead atoms. The topological polar surface area (TPSA) is 24.5 Å². The Kier molecular flexibility index (Phi) is 4.85. The largest absolute Gasteiger partial charge is 0.377 e. The van der Waals surface area contributed by atoms with E-state index in [4.69, 9.17) is 4.74 Å². The number of hydrogen-bond donors (Lipinski definition) is 1. The van der Waals surface area contributed by atoms with E-state index in [0.717, 1.165) is 13.1 Å². The molecule has 0 amide bonds. The lowest BCUT2D eigenvalue weighted by atomic mass is 9.95. The predicted octanol–water partition coefficient (Wildman–Crippen LogP) is 1.10. The monoisotopic (exact) mass is 200 g/mol. The zero-order valence-electron chi connectivity index (χ0n) is 9.81. The van der Waals surface area contributed by atoms with Crippen molar-refractivity contribution in [3.05, 3.63) is 0 Å². The Morgan fingerprint density at radius 1 is 1.50 bits per heavy atom. The lowest BCUT2D eigenvalue weighted by Crippen LogP contribution is -2.47. The van der Waals surface area contributed by atoms with E-state index in [1.54, 1.807) is 0 Å². The minimum atomic E-state index is 0.0951. The number of likely N-dealkylation sites (tertiary alicyclic amines) is 1. The van der Waals surface area contributed by atoms with Gasteiger partial charge in [-0.05, 0) is 52.9 Å². The first kappa shape index (κ1) is 12.0. The van der Waals surface area contributed by atoms with Crippen LogP contribution in [0, 0.1) is 0 Å². The fourth-order valence-electron chi connectivity index (χ4n) is 2.14. The van der Waals surface area contributed by atoms with Crippen molar-refractivity contribution in [3.63, 3.8) is 0 Å². The third-order valence-electron chi connectivity index (χ3n) is 3.13. The summed E-state index contributed by atoms with van der Waals surface area (Å²) in [7, 11) is 3.84. The van der Waals surface area contributed by atoms with Crippen molar-refractivity contribution in [3.8, 4) is 0 Å². The number of piperidine rings is 1. The lowest BCUT2D eigenvalue weighted by Gasteiger charge is -2.39. The highest BCUT2D eigenvalue weighted by Gasteiger charge is 2.30. The van der Waals surface area contributed by atoms with Crippen molar-refractivity contribution in [1.29, 1.82) is 0 Å². The van der Waals surface area contributed by atoms with Gasteiger partial charge in [0.05, 0.1) is 5.60 Å². The molecular formula is C11H24N2O. The molecule has 0 aromatic carbocycles. The summed E-state index contributed by atoms with van der Waals surface area (Å²) in [6.07, 6.45) is 3.70. The van der Waals surface area contributed by atoms with Gasteiger partial charge in [-0.1, -0.05) is 0 Å². The summed E-state index contributed by atoms with van der Waals surface area (Å²) in [5, 5.41) is 3.18. The van der Waals surface area contributed by atoms with Crippen LogP contribution < -0.4 is 5.32 Å². The van der Waals surface area contributed by atoms with Gasteiger partial charge >= 0.3 is 0 Å². The summed E-state index contributed by atoms with van der Waals surface area (Å²) in [4.78, 5) is 2.52. The van der Waals surface area contributed by atoms with Crippen molar-refractivity contribution >= 4 is 0 Å². The Labute approximate surface area is 87.8 Å². The van der Waals surface area contributed by atoms with E-state index in [9.17, 15) is 0 Å². The van der Waals surface area contributed by atoms with Gasteiger partial charge in [0.2, 0.25) is 0 Å². The summed E-state index contributed by atoms with van der Waals surface area (Å²) >= 11 is 0. The Morgan fingerprint density at radius 2 is 2.29 bits per heavy atom. The van der Waals surface area contributed by atoms with Gasteiger partial charge in [-0.2, -0.15) is 0 Å². The number of ether oxygens (including phenoxy) is 1. The molecule has 1 fully saturated rings. The molecule has 0 radical (unpaired) electrons. The van der Waals surface area contributed by atoms with E-state index < -0.39 is 0 Å². The first-order chi connectivity index (χ1) is 6.70. The van der Waals surface area contributed by atoms with Crippen molar-refractivity contribution in [2.45, 2.75) is 31.8 Å². The van der Waals surface area contributed by atoms with Crippen LogP contribution >= 0.6 is 0 Å². The van der Waals surface area contributed by atoms with Gasteiger partial charge in [-0.15, -0.1) is 0 Å². The average molecular weight is 200 g/mol. The highest BCUT2D eigenvalue weighted by atomic mass is 16.5. The van der Waals surface area contributed by atoms with E-state index in [-0.39, 0.29) is 5.60 Å². The van der Waals surface area contributed by atoms with E-state index in [1.165, 1.54) is 32.4 Å². The first-order valence-electron chi connectivity index (χ1n) is 5.62. The zero-order valence-corrected chi connectivity index (χ0v) is 9.81. The molecule has 3 heteroatoms. The molecule has 0 spiro atoms. The van der Waals surface area contributed by atoms with Crippen LogP contribution in [-0.4, -0.2) is 50.8 Å². The molecule has 1 aliphatic rings. The summed E-state index contributed by atoms with van der Waals surface area (Å²) in [5.74, 6) is 0. The van der Waals surface area contributed by atoms with Gasteiger partial charge in [0, 0.05) is 13.7 Å². The van der Waals surface area contributed by atoms with Crippen LogP contribution in [0.15, 0.2) is 0 Å². The third-order valence-corrected chi connectivity index (χ3v) is 3.13. The Balaban J connectivity index is 2.25. The molecule has 1 unspecified atom stereocenters. The second-order valence-corrected chi connectivity index (χ2v) is 4.49. The van der Waals surface area contributed by atoms with E-state index in [2.05, 4.69) is 17.1 Å². The molecule has 1 aliphatic heterocycles. The van der Waals surface area contributed by atoms with Crippen LogP contribution in [-0.2, 0) is 4.74 Å². The Hall–Kier alpha value is -0.120. The third kappa shape index (κ3) is 3.56. The molecule has 1 heterocycles. The maximum absolute atomic E-state index is 5.56. The standard InChI is InChI=1S/C11H24N2O/c1-11(14-3)6-4-8-13(10-11)9-5-7-12-2/h12H,4-10H2,1-3H3. The molecule has 3 nitrogen and oxygen atoms in total. The van der Waals surface area contributed by atoms with Crippen molar-refractivity contribution < 1.29 is 4.74 Å². The first-order valence-corrected chi connectivity index (χ1v) is 5.62. The van der Waals surface area contributed by atoms with E-state index in [0.29, 0.717) is 0 Å². The van der Waals surface area contributed by atoms with Gasteiger partial charge in [0.1, 0.15) is 0 Å².